The number of halogens is 1. The lowest BCUT2D eigenvalue weighted by atomic mass is 9.90. The van der Waals surface area contributed by atoms with Gasteiger partial charge in [-0.1, -0.05) is 30.3 Å². The number of hydrogen-bond donors (Lipinski definition) is 2. The highest BCUT2D eigenvalue weighted by atomic mass is 35.5. The van der Waals surface area contributed by atoms with Gasteiger partial charge in [-0.3, -0.25) is 9.48 Å². The third-order valence-electron chi connectivity index (χ3n) is 4.85. The lowest BCUT2D eigenvalue weighted by Crippen LogP contribution is -2.29. The van der Waals surface area contributed by atoms with Crippen LogP contribution in [-0.4, -0.2) is 38.6 Å². The molecule has 1 fully saturated rings. The van der Waals surface area contributed by atoms with Crippen molar-refractivity contribution in [3.05, 3.63) is 66.1 Å². The zero-order valence-corrected chi connectivity index (χ0v) is 15.9. The van der Waals surface area contributed by atoms with Crippen molar-refractivity contribution in [3.63, 3.8) is 0 Å². The zero-order chi connectivity index (χ0) is 17.9. The number of aryl methyl sites for hydroxylation is 1. The molecule has 0 aliphatic carbocycles. The molecule has 0 spiro atoms. The standard InChI is InChI=1S/C19H22N6O.ClH/c1-24-13-15(9-22-24)16-10-20-11-17(16)19(26)23-18-7-8-21-25(18)12-14-5-3-2-4-6-14;/h2-9,13,16-17,20H,10-12H2,1H3,(H,23,26);1H/t16-,17+;/m1./s1. The molecule has 142 valence electrons. The van der Waals surface area contributed by atoms with E-state index >= 15 is 0 Å². The average molecular weight is 387 g/mol. The maximum absolute atomic E-state index is 12.9. The van der Waals surface area contributed by atoms with Crippen molar-refractivity contribution < 1.29 is 4.79 Å². The Morgan fingerprint density at radius 2 is 2.04 bits per heavy atom. The van der Waals surface area contributed by atoms with Gasteiger partial charge in [0.15, 0.2) is 0 Å². The second-order valence-electron chi connectivity index (χ2n) is 6.67. The zero-order valence-electron chi connectivity index (χ0n) is 15.1. The van der Waals surface area contributed by atoms with Gasteiger partial charge in [-0.2, -0.15) is 10.2 Å². The minimum atomic E-state index is -0.126. The van der Waals surface area contributed by atoms with E-state index in [1.807, 2.05) is 60.5 Å². The maximum atomic E-state index is 12.9. The molecule has 8 heteroatoms. The van der Waals surface area contributed by atoms with Gasteiger partial charge in [-0.25, -0.2) is 4.68 Å². The molecule has 0 unspecified atom stereocenters. The fraction of sp³-hybridized carbons (Fsp3) is 0.316. The van der Waals surface area contributed by atoms with Crippen LogP contribution in [0.15, 0.2) is 55.0 Å². The summed E-state index contributed by atoms with van der Waals surface area (Å²) in [6, 6.07) is 11.9. The minimum Gasteiger partial charge on any atom is -0.315 e. The quantitative estimate of drug-likeness (QED) is 0.703. The van der Waals surface area contributed by atoms with Crippen LogP contribution in [0.3, 0.4) is 0 Å². The molecular formula is C19H23ClN6O. The van der Waals surface area contributed by atoms with E-state index in [4.69, 9.17) is 0 Å². The van der Waals surface area contributed by atoms with E-state index in [9.17, 15) is 4.79 Å². The van der Waals surface area contributed by atoms with Gasteiger partial charge in [0.2, 0.25) is 5.91 Å². The number of carbonyl (C=O) groups is 1. The predicted molar refractivity (Wildman–Crippen MR) is 106 cm³/mol. The molecule has 1 saturated heterocycles. The summed E-state index contributed by atoms with van der Waals surface area (Å²) in [5.41, 5.74) is 2.23. The lowest BCUT2D eigenvalue weighted by molar-refractivity contribution is -0.119. The average Bonchev–Trinajstić information content (AvgIpc) is 3.37. The Hall–Kier alpha value is -2.64. The Kier molecular flexibility index (Phi) is 5.93. The van der Waals surface area contributed by atoms with Crippen LogP contribution in [0.5, 0.6) is 0 Å². The molecule has 4 rings (SSSR count). The molecule has 0 saturated carbocycles. The third kappa shape index (κ3) is 4.20. The number of nitrogens with zero attached hydrogens (tertiary/aromatic N) is 4. The van der Waals surface area contributed by atoms with Crippen molar-refractivity contribution in [1.29, 1.82) is 0 Å². The fourth-order valence-electron chi connectivity index (χ4n) is 3.48. The Labute approximate surface area is 164 Å². The van der Waals surface area contributed by atoms with Gasteiger partial charge >= 0.3 is 0 Å². The molecule has 1 amide bonds. The molecule has 2 atom stereocenters. The van der Waals surface area contributed by atoms with Gasteiger partial charge in [0.05, 0.1) is 24.9 Å². The summed E-state index contributed by atoms with van der Waals surface area (Å²) in [6.07, 6.45) is 5.54. The largest absolute Gasteiger partial charge is 0.315 e. The Morgan fingerprint density at radius 3 is 2.78 bits per heavy atom. The minimum absolute atomic E-state index is 0. The fourth-order valence-corrected chi connectivity index (χ4v) is 3.48. The molecule has 1 aliphatic rings. The number of aromatic nitrogens is 4. The van der Waals surface area contributed by atoms with E-state index in [-0.39, 0.29) is 30.2 Å². The molecular weight excluding hydrogens is 364 g/mol. The van der Waals surface area contributed by atoms with E-state index in [1.54, 1.807) is 10.9 Å². The molecule has 7 nitrogen and oxygen atoms in total. The molecule has 0 radical (unpaired) electrons. The van der Waals surface area contributed by atoms with Crippen LogP contribution in [-0.2, 0) is 18.4 Å². The van der Waals surface area contributed by atoms with Crippen LogP contribution in [0.2, 0.25) is 0 Å². The maximum Gasteiger partial charge on any atom is 0.230 e. The summed E-state index contributed by atoms with van der Waals surface area (Å²) >= 11 is 0. The summed E-state index contributed by atoms with van der Waals surface area (Å²) in [5, 5.41) is 15.0. The smallest absolute Gasteiger partial charge is 0.230 e. The van der Waals surface area contributed by atoms with Crippen molar-refractivity contribution in [2.45, 2.75) is 12.5 Å². The molecule has 3 heterocycles. The first-order valence-electron chi connectivity index (χ1n) is 8.76. The molecule has 1 aliphatic heterocycles. The van der Waals surface area contributed by atoms with Crippen molar-refractivity contribution in [2.75, 3.05) is 18.4 Å². The van der Waals surface area contributed by atoms with Crippen LogP contribution in [0.1, 0.15) is 17.0 Å². The molecule has 2 N–H and O–H groups in total. The van der Waals surface area contributed by atoms with Gasteiger partial charge in [0, 0.05) is 38.3 Å². The molecule has 2 aromatic heterocycles. The van der Waals surface area contributed by atoms with Crippen molar-refractivity contribution in [1.82, 2.24) is 24.9 Å². The second-order valence-corrected chi connectivity index (χ2v) is 6.67. The highest BCUT2D eigenvalue weighted by molar-refractivity contribution is 5.92. The van der Waals surface area contributed by atoms with Crippen LogP contribution >= 0.6 is 12.4 Å². The van der Waals surface area contributed by atoms with E-state index in [0.29, 0.717) is 13.1 Å². The van der Waals surface area contributed by atoms with E-state index < -0.39 is 0 Å². The summed E-state index contributed by atoms with van der Waals surface area (Å²) in [5.74, 6) is 0.739. The Morgan fingerprint density at radius 1 is 1.22 bits per heavy atom. The second kappa shape index (κ2) is 8.37. The summed E-state index contributed by atoms with van der Waals surface area (Å²) in [6.45, 7) is 2.07. The van der Waals surface area contributed by atoms with Crippen molar-refractivity contribution in [3.8, 4) is 0 Å². The van der Waals surface area contributed by atoms with Crippen LogP contribution < -0.4 is 10.6 Å². The van der Waals surface area contributed by atoms with Gasteiger partial charge in [0.25, 0.3) is 0 Å². The van der Waals surface area contributed by atoms with Crippen molar-refractivity contribution in [2.24, 2.45) is 13.0 Å². The predicted octanol–water partition coefficient (Wildman–Crippen LogP) is 2.03. The van der Waals surface area contributed by atoms with E-state index in [0.717, 1.165) is 23.5 Å². The number of anilines is 1. The van der Waals surface area contributed by atoms with Gasteiger partial charge in [0.1, 0.15) is 5.82 Å². The highest BCUT2D eigenvalue weighted by Crippen LogP contribution is 2.28. The summed E-state index contributed by atoms with van der Waals surface area (Å²) < 4.78 is 3.59. The molecule has 0 bridgehead atoms. The van der Waals surface area contributed by atoms with Crippen LogP contribution in [0.25, 0.3) is 0 Å². The SMILES string of the molecule is Cl.Cn1cc([C@H]2CNC[C@@H]2C(=O)Nc2ccnn2Cc2ccccc2)cn1. The number of amides is 1. The summed E-state index contributed by atoms with van der Waals surface area (Å²) in [4.78, 5) is 12.9. The van der Waals surface area contributed by atoms with Gasteiger partial charge in [-0.15, -0.1) is 12.4 Å². The van der Waals surface area contributed by atoms with Crippen LogP contribution in [0, 0.1) is 5.92 Å². The first kappa shape index (κ1) is 19.1. The third-order valence-corrected chi connectivity index (χ3v) is 4.85. The molecule has 27 heavy (non-hydrogen) atoms. The van der Waals surface area contributed by atoms with Gasteiger partial charge < -0.3 is 10.6 Å². The monoisotopic (exact) mass is 386 g/mol. The van der Waals surface area contributed by atoms with E-state index in [2.05, 4.69) is 20.8 Å². The van der Waals surface area contributed by atoms with Crippen molar-refractivity contribution >= 4 is 24.1 Å². The number of benzene rings is 1. The van der Waals surface area contributed by atoms with Crippen LogP contribution in [0.4, 0.5) is 5.82 Å². The molecule has 3 aromatic rings. The van der Waals surface area contributed by atoms with E-state index in [1.165, 1.54) is 0 Å². The number of carbonyl (C=O) groups excluding carboxylic acids is 1. The highest BCUT2D eigenvalue weighted by Gasteiger charge is 2.35. The first-order valence-corrected chi connectivity index (χ1v) is 8.76. The molecule has 1 aromatic carbocycles. The number of hydrogen-bond acceptors (Lipinski definition) is 4. The lowest BCUT2D eigenvalue weighted by Gasteiger charge is -2.17. The number of rotatable bonds is 5. The topological polar surface area (TPSA) is 76.8 Å². The Bertz CT molecular complexity index is 891. The Balaban J connectivity index is 0.00000210. The number of nitrogens with one attached hydrogen (secondary N) is 2. The normalized spacial score (nSPS) is 18.9. The summed E-state index contributed by atoms with van der Waals surface area (Å²) in [7, 11) is 1.89. The van der Waals surface area contributed by atoms with Gasteiger partial charge in [-0.05, 0) is 11.1 Å². The first-order chi connectivity index (χ1) is 12.7.